The summed E-state index contributed by atoms with van der Waals surface area (Å²) in [5.74, 6) is 0.678. The second-order valence-electron chi connectivity index (χ2n) is 11.1. The van der Waals surface area contributed by atoms with Crippen LogP contribution in [0.2, 0.25) is 10.0 Å². The van der Waals surface area contributed by atoms with Gasteiger partial charge in [-0.1, -0.05) is 77.4 Å². The molecule has 2 amide bonds. The highest BCUT2D eigenvalue weighted by atomic mass is 35.5. The molecule has 0 saturated carbocycles. The fourth-order valence-electron chi connectivity index (χ4n) is 5.69. The maximum absolute atomic E-state index is 13.1. The Balaban J connectivity index is 1.06. The minimum absolute atomic E-state index is 0.0898. The highest BCUT2D eigenvalue weighted by Crippen LogP contribution is 2.29. The third kappa shape index (κ3) is 6.27. The highest BCUT2D eigenvalue weighted by Gasteiger charge is 2.30. The van der Waals surface area contributed by atoms with Gasteiger partial charge in [-0.05, 0) is 55.7 Å². The van der Waals surface area contributed by atoms with Crippen LogP contribution in [-0.2, 0) is 11.3 Å². The molecule has 0 aliphatic carbocycles. The van der Waals surface area contributed by atoms with Gasteiger partial charge in [0.15, 0.2) is 5.65 Å². The number of hydrogen-bond donors (Lipinski definition) is 0. The smallest absolute Gasteiger partial charge is 0.254 e. The summed E-state index contributed by atoms with van der Waals surface area (Å²) in [6.45, 7) is 6.24. The van der Waals surface area contributed by atoms with Gasteiger partial charge in [0.25, 0.3) is 5.91 Å². The Labute approximate surface area is 270 Å². The fraction of sp³-hybridized carbons (Fsp3) is 0.303. The van der Waals surface area contributed by atoms with Gasteiger partial charge in [0.1, 0.15) is 5.52 Å². The number of aryl methyl sites for hydroxylation is 1. The molecule has 1 unspecified atom stereocenters. The molecule has 6 rings (SSSR count). The number of aromatic nitrogens is 4. The van der Waals surface area contributed by atoms with E-state index >= 15 is 0 Å². The van der Waals surface area contributed by atoms with Crippen LogP contribution in [-0.4, -0.2) is 72.8 Å². The van der Waals surface area contributed by atoms with E-state index < -0.39 is 0 Å². The number of benzene rings is 3. The Morgan fingerprint density at radius 2 is 1.77 bits per heavy atom. The maximum Gasteiger partial charge on any atom is 0.254 e. The van der Waals surface area contributed by atoms with Gasteiger partial charge in [-0.3, -0.25) is 9.59 Å². The lowest BCUT2D eigenvalue weighted by Crippen LogP contribution is -2.55. The van der Waals surface area contributed by atoms with E-state index in [1.165, 1.54) is 22.9 Å². The van der Waals surface area contributed by atoms with Crippen molar-refractivity contribution >= 4 is 68.8 Å². The number of fused-ring (bicyclic) bond motifs is 3. The minimum Gasteiger partial charge on any atom is -0.339 e. The van der Waals surface area contributed by atoms with E-state index in [-0.39, 0.29) is 17.9 Å². The molecule has 1 fully saturated rings. The standard InChI is InChI=1S/C33H32Cl2N6O2S/c1-21-8-3-4-9-24(21)20-41-28-11-6-5-10-25(28)30-31(41)36-33(38-37-30)44-17-7-12-29(42)39-15-16-40(22(2)19-39)32(43)23-13-14-26(34)27(35)18-23/h3-6,8-11,13-14,18,22H,7,12,15-17,19-20H2,1-2H3. The van der Waals surface area contributed by atoms with Gasteiger partial charge in [-0.15, -0.1) is 10.2 Å². The zero-order chi connectivity index (χ0) is 30.8. The van der Waals surface area contributed by atoms with Crippen molar-refractivity contribution in [3.63, 3.8) is 0 Å². The van der Waals surface area contributed by atoms with E-state index in [9.17, 15) is 9.59 Å². The van der Waals surface area contributed by atoms with Crippen LogP contribution in [0.5, 0.6) is 0 Å². The van der Waals surface area contributed by atoms with E-state index in [4.69, 9.17) is 28.2 Å². The maximum atomic E-state index is 13.1. The number of hydrogen-bond acceptors (Lipinski definition) is 6. The average Bonchev–Trinajstić information content (AvgIpc) is 3.33. The lowest BCUT2D eigenvalue weighted by Gasteiger charge is -2.40. The van der Waals surface area contributed by atoms with Gasteiger partial charge in [-0.25, -0.2) is 4.98 Å². The summed E-state index contributed by atoms with van der Waals surface area (Å²) in [6.07, 6.45) is 1.11. The summed E-state index contributed by atoms with van der Waals surface area (Å²) in [6, 6.07) is 21.4. The number of carbonyl (C=O) groups is 2. The molecule has 0 N–H and O–H groups in total. The number of nitrogens with zero attached hydrogens (tertiary/aromatic N) is 6. The number of para-hydroxylation sites is 1. The second-order valence-corrected chi connectivity index (χ2v) is 12.9. The summed E-state index contributed by atoms with van der Waals surface area (Å²) in [5, 5.41) is 11.4. The van der Waals surface area contributed by atoms with Gasteiger partial charge in [0.05, 0.1) is 15.6 Å². The lowest BCUT2D eigenvalue weighted by atomic mass is 10.1. The summed E-state index contributed by atoms with van der Waals surface area (Å²) >= 11 is 13.6. The van der Waals surface area contributed by atoms with Crippen molar-refractivity contribution < 1.29 is 9.59 Å². The van der Waals surface area contributed by atoms with E-state index in [2.05, 4.69) is 58.1 Å². The molecule has 2 aromatic heterocycles. The number of amides is 2. The Morgan fingerprint density at radius 1 is 0.977 bits per heavy atom. The van der Waals surface area contributed by atoms with Gasteiger partial charge in [0, 0.05) is 55.3 Å². The van der Waals surface area contributed by atoms with Crippen LogP contribution < -0.4 is 0 Å². The third-order valence-corrected chi connectivity index (χ3v) is 9.78. The predicted octanol–water partition coefficient (Wildman–Crippen LogP) is 6.89. The molecule has 226 valence electrons. The van der Waals surface area contributed by atoms with Crippen LogP contribution in [0.4, 0.5) is 0 Å². The zero-order valence-electron chi connectivity index (χ0n) is 24.5. The van der Waals surface area contributed by atoms with Crippen LogP contribution in [0.1, 0.15) is 41.3 Å². The Kier molecular flexibility index (Phi) is 9.07. The van der Waals surface area contributed by atoms with E-state index in [0.29, 0.717) is 65.5 Å². The molecule has 44 heavy (non-hydrogen) atoms. The molecular formula is C33H32Cl2N6O2S. The fourth-order valence-corrected chi connectivity index (χ4v) is 6.71. The van der Waals surface area contributed by atoms with Gasteiger partial charge in [0.2, 0.25) is 11.1 Å². The summed E-state index contributed by atoms with van der Waals surface area (Å²) in [4.78, 5) is 34.7. The predicted molar refractivity (Wildman–Crippen MR) is 177 cm³/mol. The van der Waals surface area contributed by atoms with Crippen molar-refractivity contribution in [1.82, 2.24) is 29.5 Å². The Morgan fingerprint density at radius 3 is 2.57 bits per heavy atom. The van der Waals surface area contributed by atoms with Crippen molar-refractivity contribution in [3.05, 3.63) is 93.5 Å². The van der Waals surface area contributed by atoms with Crippen LogP contribution >= 0.6 is 35.0 Å². The van der Waals surface area contributed by atoms with E-state index in [1.54, 1.807) is 23.1 Å². The highest BCUT2D eigenvalue weighted by molar-refractivity contribution is 7.99. The van der Waals surface area contributed by atoms with Gasteiger partial charge < -0.3 is 14.4 Å². The average molecular weight is 648 g/mol. The molecule has 11 heteroatoms. The van der Waals surface area contributed by atoms with Crippen molar-refractivity contribution in [2.75, 3.05) is 25.4 Å². The van der Waals surface area contributed by atoms with Crippen LogP contribution in [0, 0.1) is 6.92 Å². The monoisotopic (exact) mass is 646 g/mol. The molecule has 3 aromatic carbocycles. The molecule has 1 saturated heterocycles. The molecule has 3 heterocycles. The van der Waals surface area contributed by atoms with E-state index in [0.717, 1.165) is 22.1 Å². The summed E-state index contributed by atoms with van der Waals surface area (Å²) < 4.78 is 2.21. The molecule has 1 aliphatic heterocycles. The van der Waals surface area contributed by atoms with Crippen LogP contribution in [0.3, 0.4) is 0 Å². The van der Waals surface area contributed by atoms with Crippen molar-refractivity contribution in [1.29, 1.82) is 0 Å². The molecule has 1 atom stereocenters. The van der Waals surface area contributed by atoms with Crippen LogP contribution in [0.15, 0.2) is 71.9 Å². The molecule has 8 nitrogen and oxygen atoms in total. The van der Waals surface area contributed by atoms with Gasteiger partial charge >= 0.3 is 0 Å². The van der Waals surface area contributed by atoms with Crippen LogP contribution in [0.25, 0.3) is 22.1 Å². The zero-order valence-corrected chi connectivity index (χ0v) is 26.9. The van der Waals surface area contributed by atoms with Crippen molar-refractivity contribution in [2.45, 2.75) is 44.4 Å². The van der Waals surface area contributed by atoms with Crippen molar-refractivity contribution in [2.24, 2.45) is 0 Å². The first-order chi connectivity index (χ1) is 21.3. The molecule has 0 spiro atoms. The number of halogens is 2. The first kappa shape index (κ1) is 30.4. The molecule has 0 bridgehead atoms. The number of carbonyl (C=O) groups excluding carboxylic acids is 2. The first-order valence-electron chi connectivity index (χ1n) is 14.6. The van der Waals surface area contributed by atoms with E-state index in [1.807, 2.05) is 24.0 Å². The molecule has 0 radical (unpaired) electrons. The second kappa shape index (κ2) is 13.1. The summed E-state index contributed by atoms with van der Waals surface area (Å²) in [5.41, 5.74) is 5.63. The molecule has 1 aliphatic rings. The Bertz CT molecular complexity index is 1860. The van der Waals surface area contributed by atoms with Crippen molar-refractivity contribution in [3.8, 4) is 0 Å². The quantitative estimate of drug-likeness (QED) is 0.135. The SMILES string of the molecule is Cc1ccccc1Cn1c2ccccc2c2nnc(SCCCC(=O)N3CCN(C(=O)c4ccc(Cl)c(Cl)c4)C(C)C3)nc21. The first-order valence-corrected chi connectivity index (χ1v) is 16.4. The number of thioether (sulfide) groups is 1. The lowest BCUT2D eigenvalue weighted by molar-refractivity contribution is -0.133. The molecular weight excluding hydrogens is 615 g/mol. The van der Waals surface area contributed by atoms with Gasteiger partial charge in [-0.2, -0.15) is 0 Å². The number of piperazine rings is 1. The largest absolute Gasteiger partial charge is 0.339 e. The normalized spacial score (nSPS) is 15.3. The third-order valence-electron chi connectivity index (χ3n) is 8.12. The summed E-state index contributed by atoms with van der Waals surface area (Å²) in [7, 11) is 0. The number of rotatable bonds is 8. The minimum atomic E-state index is -0.110. The Hall–Kier alpha value is -3.66. The topological polar surface area (TPSA) is 84.2 Å². The molecule has 5 aromatic rings.